The number of aromatic nitrogens is 1. The molecular weight excluding hydrogens is 258 g/mol. The summed E-state index contributed by atoms with van der Waals surface area (Å²) in [5.41, 5.74) is 0.0758. The Morgan fingerprint density at radius 3 is 3.00 bits per heavy atom. The van der Waals surface area contributed by atoms with Crippen molar-refractivity contribution < 1.29 is 4.74 Å². The zero-order valence-corrected chi connectivity index (χ0v) is 12.4. The van der Waals surface area contributed by atoms with E-state index in [9.17, 15) is 0 Å². The maximum Gasteiger partial charge on any atom is 0.185 e. The number of hydrogen-bond donors (Lipinski definition) is 1. The molecule has 2 fully saturated rings. The van der Waals surface area contributed by atoms with Gasteiger partial charge in [-0.1, -0.05) is 0 Å². The topological polar surface area (TPSA) is 37.4 Å². The minimum atomic E-state index is 0.0758. The number of rotatable bonds is 4. The van der Waals surface area contributed by atoms with Crippen LogP contribution in [0.4, 0.5) is 5.13 Å². The number of piperidine rings is 1. The molecule has 0 bridgehead atoms. The fourth-order valence-electron chi connectivity index (χ4n) is 2.98. The molecule has 1 aromatic heterocycles. The molecule has 1 aromatic rings. The molecule has 2 aliphatic heterocycles. The molecular formula is C14H23N3OS. The standard InChI is InChI=1S/C14H23N3OS/c1-14(5-2-9-18-14)11-16-12-3-7-17(8-4-12)13-15-6-10-19-13/h6,10,12,16H,2-5,7-9,11H2,1H3/t14-/m1/s1. The van der Waals surface area contributed by atoms with E-state index in [0.29, 0.717) is 6.04 Å². The van der Waals surface area contributed by atoms with Crippen molar-refractivity contribution in [1.29, 1.82) is 0 Å². The molecule has 3 rings (SSSR count). The molecule has 3 heterocycles. The highest BCUT2D eigenvalue weighted by Gasteiger charge is 2.30. The maximum atomic E-state index is 5.83. The van der Waals surface area contributed by atoms with Gasteiger partial charge in [0, 0.05) is 43.9 Å². The molecule has 2 saturated heterocycles. The van der Waals surface area contributed by atoms with Gasteiger partial charge in [-0.3, -0.25) is 0 Å². The summed E-state index contributed by atoms with van der Waals surface area (Å²) in [5.74, 6) is 0. The summed E-state index contributed by atoms with van der Waals surface area (Å²) in [6, 6.07) is 0.636. The lowest BCUT2D eigenvalue weighted by Crippen LogP contribution is -2.47. The molecule has 0 aliphatic carbocycles. The Morgan fingerprint density at radius 2 is 2.37 bits per heavy atom. The summed E-state index contributed by atoms with van der Waals surface area (Å²) >= 11 is 1.74. The number of hydrogen-bond acceptors (Lipinski definition) is 5. The molecule has 0 aromatic carbocycles. The smallest absolute Gasteiger partial charge is 0.185 e. The number of ether oxygens (including phenoxy) is 1. The van der Waals surface area contributed by atoms with Crippen LogP contribution in [0.15, 0.2) is 11.6 Å². The van der Waals surface area contributed by atoms with Gasteiger partial charge in [0.25, 0.3) is 0 Å². The second-order valence-corrected chi connectivity index (χ2v) is 6.73. The Labute approximate surface area is 119 Å². The monoisotopic (exact) mass is 281 g/mol. The van der Waals surface area contributed by atoms with E-state index < -0.39 is 0 Å². The van der Waals surface area contributed by atoms with Gasteiger partial charge < -0.3 is 15.0 Å². The molecule has 0 amide bonds. The van der Waals surface area contributed by atoms with Crippen LogP contribution in [0.1, 0.15) is 32.6 Å². The second-order valence-electron chi connectivity index (χ2n) is 5.86. The number of anilines is 1. The van der Waals surface area contributed by atoms with E-state index in [1.165, 1.54) is 30.8 Å². The van der Waals surface area contributed by atoms with Crippen molar-refractivity contribution in [3.05, 3.63) is 11.6 Å². The van der Waals surface area contributed by atoms with Gasteiger partial charge in [-0.15, -0.1) is 11.3 Å². The Hall–Kier alpha value is -0.650. The summed E-state index contributed by atoms with van der Waals surface area (Å²) < 4.78 is 5.83. The molecule has 5 heteroatoms. The quantitative estimate of drug-likeness (QED) is 0.918. The summed E-state index contributed by atoms with van der Waals surface area (Å²) in [5, 5.41) is 6.93. The fourth-order valence-corrected chi connectivity index (χ4v) is 3.68. The predicted octanol–water partition coefficient (Wildman–Crippen LogP) is 2.27. The van der Waals surface area contributed by atoms with E-state index in [0.717, 1.165) is 26.2 Å². The van der Waals surface area contributed by atoms with Crippen molar-refractivity contribution in [3.63, 3.8) is 0 Å². The molecule has 106 valence electrons. The van der Waals surface area contributed by atoms with Crippen LogP contribution in [-0.2, 0) is 4.74 Å². The van der Waals surface area contributed by atoms with Crippen LogP contribution in [0, 0.1) is 0 Å². The van der Waals surface area contributed by atoms with Gasteiger partial charge in [-0.2, -0.15) is 0 Å². The largest absolute Gasteiger partial charge is 0.374 e. The van der Waals surface area contributed by atoms with Gasteiger partial charge in [0.1, 0.15) is 0 Å². The van der Waals surface area contributed by atoms with Gasteiger partial charge >= 0.3 is 0 Å². The summed E-state index contributed by atoms with van der Waals surface area (Å²) in [4.78, 5) is 6.79. The lowest BCUT2D eigenvalue weighted by atomic mass is 10.0. The molecule has 0 unspecified atom stereocenters. The highest BCUT2D eigenvalue weighted by atomic mass is 32.1. The third-order valence-corrected chi connectivity index (χ3v) is 5.08. The van der Waals surface area contributed by atoms with Crippen LogP contribution in [0.25, 0.3) is 0 Å². The number of thiazole rings is 1. The van der Waals surface area contributed by atoms with Gasteiger partial charge in [0.05, 0.1) is 5.60 Å². The summed E-state index contributed by atoms with van der Waals surface area (Å²) in [6.45, 7) is 6.39. The highest BCUT2D eigenvalue weighted by molar-refractivity contribution is 7.13. The molecule has 19 heavy (non-hydrogen) atoms. The minimum Gasteiger partial charge on any atom is -0.374 e. The van der Waals surface area contributed by atoms with Gasteiger partial charge in [0.15, 0.2) is 5.13 Å². The van der Waals surface area contributed by atoms with Gasteiger partial charge in [0.2, 0.25) is 0 Å². The van der Waals surface area contributed by atoms with Crippen molar-refractivity contribution in [3.8, 4) is 0 Å². The first-order chi connectivity index (χ1) is 9.25. The summed E-state index contributed by atoms with van der Waals surface area (Å²) in [7, 11) is 0. The molecule has 1 N–H and O–H groups in total. The highest BCUT2D eigenvalue weighted by Crippen LogP contribution is 2.25. The van der Waals surface area contributed by atoms with Gasteiger partial charge in [-0.25, -0.2) is 4.98 Å². The van der Waals surface area contributed by atoms with Crippen LogP contribution >= 0.6 is 11.3 Å². The van der Waals surface area contributed by atoms with Crippen LogP contribution in [0.3, 0.4) is 0 Å². The third-order valence-electron chi connectivity index (χ3n) is 4.25. The number of nitrogens with zero attached hydrogens (tertiary/aromatic N) is 2. The lowest BCUT2D eigenvalue weighted by molar-refractivity contribution is 0.0181. The predicted molar refractivity (Wildman–Crippen MR) is 78.9 cm³/mol. The van der Waals surface area contributed by atoms with E-state index in [2.05, 4.69) is 27.5 Å². The van der Waals surface area contributed by atoms with Crippen molar-refractivity contribution in [2.45, 2.75) is 44.2 Å². The van der Waals surface area contributed by atoms with E-state index in [4.69, 9.17) is 4.74 Å². The normalized spacial score (nSPS) is 29.0. The molecule has 0 radical (unpaired) electrons. The SMILES string of the molecule is C[C@]1(CNC2CCN(c3nccs3)CC2)CCCO1. The third kappa shape index (κ3) is 3.27. The second kappa shape index (κ2) is 5.77. The van der Waals surface area contributed by atoms with Crippen molar-refractivity contribution in [2.75, 3.05) is 31.1 Å². The molecule has 4 nitrogen and oxygen atoms in total. The van der Waals surface area contributed by atoms with Gasteiger partial charge in [-0.05, 0) is 32.6 Å². The Morgan fingerprint density at radius 1 is 1.53 bits per heavy atom. The maximum absolute atomic E-state index is 5.83. The van der Waals surface area contributed by atoms with Crippen LogP contribution in [0.5, 0.6) is 0 Å². The first kappa shape index (κ1) is 13.3. The Balaban J connectivity index is 1.43. The van der Waals surface area contributed by atoms with E-state index in [-0.39, 0.29) is 5.60 Å². The van der Waals surface area contributed by atoms with E-state index in [1.807, 2.05) is 6.20 Å². The molecule has 0 saturated carbocycles. The lowest BCUT2D eigenvalue weighted by Gasteiger charge is -2.34. The van der Waals surface area contributed by atoms with Crippen LogP contribution in [-0.4, -0.2) is 42.9 Å². The average Bonchev–Trinajstić information content (AvgIpc) is 3.09. The zero-order valence-electron chi connectivity index (χ0n) is 11.6. The molecule has 0 spiro atoms. The van der Waals surface area contributed by atoms with Crippen LogP contribution < -0.4 is 10.2 Å². The minimum absolute atomic E-state index is 0.0758. The first-order valence-electron chi connectivity index (χ1n) is 7.27. The average molecular weight is 281 g/mol. The Kier molecular flexibility index (Phi) is 4.05. The zero-order chi connectivity index (χ0) is 13.1. The first-order valence-corrected chi connectivity index (χ1v) is 8.15. The van der Waals surface area contributed by atoms with E-state index in [1.54, 1.807) is 11.3 Å². The van der Waals surface area contributed by atoms with Crippen molar-refractivity contribution >= 4 is 16.5 Å². The van der Waals surface area contributed by atoms with Crippen molar-refractivity contribution in [1.82, 2.24) is 10.3 Å². The fraction of sp³-hybridized carbons (Fsp3) is 0.786. The van der Waals surface area contributed by atoms with Crippen LogP contribution in [0.2, 0.25) is 0 Å². The molecule has 1 atom stereocenters. The molecule has 2 aliphatic rings. The Bertz CT molecular complexity index is 381. The summed E-state index contributed by atoms with van der Waals surface area (Å²) in [6.07, 6.45) is 6.70. The van der Waals surface area contributed by atoms with Crippen molar-refractivity contribution in [2.24, 2.45) is 0 Å². The number of nitrogens with one attached hydrogen (secondary N) is 1. The van der Waals surface area contributed by atoms with E-state index >= 15 is 0 Å².